The Labute approximate surface area is 141 Å². The molecule has 0 saturated heterocycles. The van der Waals surface area contributed by atoms with Crippen LogP contribution in [-0.4, -0.2) is 13.2 Å². The van der Waals surface area contributed by atoms with E-state index in [1.807, 2.05) is 38.1 Å². The standard InChI is InChI=1S/C15H17Br2NO3/c1-3-19-10-5-6-14(20-4-2)13(8-10)18-9-11-7-12(16)15(17)21-11/h5-8,18H,3-4,9H2,1-2H3. The molecule has 0 aliphatic rings. The fraction of sp³-hybridized carbons (Fsp3) is 0.333. The molecule has 2 rings (SSSR count). The molecule has 0 spiro atoms. The highest BCUT2D eigenvalue weighted by Gasteiger charge is 2.09. The predicted molar refractivity (Wildman–Crippen MR) is 90.2 cm³/mol. The van der Waals surface area contributed by atoms with Gasteiger partial charge in [0.1, 0.15) is 17.3 Å². The molecule has 0 amide bonds. The molecule has 4 nitrogen and oxygen atoms in total. The van der Waals surface area contributed by atoms with Crippen LogP contribution in [0.15, 0.2) is 37.8 Å². The molecule has 1 N–H and O–H groups in total. The van der Waals surface area contributed by atoms with E-state index in [1.165, 1.54) is 0 Å². The summed E-state index contributed by atoms with van der Waals surface area (Å²) >= 11 is 6.73. The maximum Gasteiger partial charge on any atom is 0.183 e. The van der Waals surface area contributed by atoms with E-state index in [2.05, 4.69) is 37.2 Å². The minimum absolute atomic E-state index is 0.555. The van der Waals surface area contributed by atoms with E-state index in [4.69, 9.17) is 13.9 Å². The quantitative estimate of drug-likeness (QED) is 0.669. The highest BCUT2D eigenvalue weighted by Crippen LogP contribution is 2.31. The van der Waals surface area contributed by atoms with Crippen LogP contribution < -0.4 is 14.8 Å². The number of halogens is 2. The van der Waals surface area contributed by atoms with Gasteiger partial charge in [0.2, 0.25) is 0 Å². The van der Waals surface area contributed by atoms with Crippen LogP contribution in [0.5, 0.6) is 11.5 Å². The van der Waals surface area contributed by atoms with E-state index in [-0.39, 0.29) is 0 Å². The number of anilines is 1. The molecule has 0 bridgehead atoms. The molecular weight excluding hydrogens is 402 g/mol. The van der Waals surface area contributed by atoms with Crippen LogP contribution in [-0.2, 0) is 6.54 Å². The van der Waals surface area contributed by atoms with E-state index in [9.17, 15) is 0 Å². The Hall–Kier alpha value is -1.14. The van der Waals surface area contributed by atoms with Gasteiger partial charge in [0.15, 0.2) is 4.67 Å². The summed E-state index contributed by atoms with van der Waals surface area (Å²) in [5, 5.41) is 3.31. The molecule has 0 atom stereocenters. The highest BCUT2D eigenvalue weighted by atomic mass is 79.9. The van der Waals surface area contributed by atoms with Crippen LogP contribution in [0.3, 0.4) is 0 Å². The Balaban J connectivity index is 2.13. The first-order valence-electron chi connectivity index (χ1n) is 6.71. The van der Waals surface area contributed by atoms with E-state index in [0.717, 1.165) is 27.4 Å². The van der Waals surface area contributed by atoms with Crippen LogP contribution in [0.1, 0.15) is 19.6 Å². The minimum atomic E-state index is 0.555. The molecule has 0 radical (unpaired) electrons. The SMILES string of the molecule is CCOc1ccc(OCC)c(NCc2cc(Br)c(Br)o2)c1. The first-order chi connectivity index (χ1) is 10.1. The molecule has 1 aromatic carbocycles. The third-order valence-corrected chi connectivity index (χ3v) is 4.42. The van der Waals surface area contributed by atoms with Crippen LogP contribution in [0.4, 0.5) is 5.69 Å². The third kappa shape index (κ3) is 4.41. The third-order valence-electron chi connectivity index (χ3n) is 2.71. The molecule has 21 heavy (non-hydrogen) atoms. The van der Waals surface area contributed by atoms with E-state index in [1.54, 1.807) is 0 Å². The fourth-order valence-corrected chi connectivity index (χ4v) is 2.50. The van der Waals surface area contributed by atoms with Gasteiger partial charge in [-0.25, -0.2) is 0 Å². The molecule has 0 fully saturated rings. The second-order valence-electron chi connectivity index (χ2n) is 4.21. The Morgan fingerprint density at radius 1 is 1.10 bits per heavy atom. The van der Waals surface area contributed by atoms with E-state index < -0.39 is 0 Å². The largest absolute Gasteiger partial charge is 0.494 e. The van der Waals surface area contributed by atoms with Gasteiger partial charge in [0, 0.05) is 6.07 Å². The van der Waals surface area contributed by atoms with E-state index >= 15 is 0 Å². The summed E-state index contributed by atoms with van der Waals surface area (Å²) in [6.45, 7) is 5.72. The van der Waals surface area contributed by atoms with Gasteiger partial charge in [-0.1, -0.05) is 0 Å². The average Bonchev–Trinajstić information content (AvgIpc) is 2.78. The number of benzene rings is 1. The summed E-state index contributed by atoms with van der Waals surface area (Å²) in [5.74, 6) is 2.42. The van der Waals surface area contributed by atoms with E-state index in [0.29, 0.717) is 24.4 Å². The average molecular weight is 419 g/mol. The van der Waals surface area contributed by atoms with Crippen molar-refractivity contribution in [2.45, 2.75) is 20.4 Å². The molecule has 1 heterocycles. The Morgan fingerprint density at radius 2 is 1.86 bits per heavy atom. The van der Waals surface area contributed by atoms with Gasteiger partial charge in [0.25, 0.3) is 0 Å². The Bertz CT molecular complexity index is 579. The van der Waals surface area contributed by atoms with Gasteiger partial charge >= 0.3 is 0 Å². The first kappa shape index (κ1) is 16.2. The minimum Gasteiger partial charge on any atom is -0.494 e. The van der Waals surface area contributed by atoms with Gasteiger partial charge in [-0.15, -0.1) is 0 Å². The van der Waals surface area contributed by atoms with Crippen molar-refractivity contribution in [2.24, 2.45) is 0 Å². The van der Waals surface area contributed by atoms with Gasteiger partial charge in [-0.3, -0.25) is 0 Å². The lowest BCUT2D eigenvalue weighted by molar-refractivity contribution is 0.331. The van der Waals surface area contributed by atoms with Crippen LogP contribution in [0.25, 0.3) is 0 Å². The van der Waals surface area contributed by atoms with Gasteiger partial charge in [-0.2, -0.15) is 0 Å². The molecule has 0 saturated carbocycles. The number of furan rings is 1. The number of hydrogen-bond donors (Lipinski definition) is 1. The number of hydrogen-bond acceptors (Lipinski definition) is 4. The summed E-state index contributed by atoms with van der Waals surface area (Å²) in [6, 6.07) is 7.66. The Morgan fingerprint density at radius 3 is 2.48 bits per heavy atom. The smallest absolute Gasteiger partial charge is 0.183 e. The molecule has 114 valence electrons. The van der Waals surface area contributed by atoms with Crippen molar-refractivity contribution in [3.63, 3.8) is 0 Å². The van der Waals surface area contributed by atoms with Crippen LogP contribution >= 0.6 is 31.9 Å². The van der Waals surface area contributed by atoms with Crippen molar-refractivity contribution in [3.05, 3.63) is 39.2 Å². The van der Waals surface area contributed by atoms with Crippen molar-refractivity contribution in [1.29, 1.82) is 0 Å². The monoisotopic (exact) mass is 417 g/mol. The van der Waals surface area contributed by atoms with Crippen molar-refractivity contribution < 1.29 is 13.9 Å². The molecular formula is C15H17Br2NO3. The lowest BCUT2D eigenvalue weighted by atomic mass is 10.2. The molecule has 1 aromatic heterocycles. The summed E-state index contributed by atoms with van der Waals surface area (Å²) in [5.41, 5.74) is 0.881. The Kier molecular flexibility index (Phi) is 5.99. The van der Waals surface area contributed by atoms with Crippen molar-refractivity contribution in [2.75, 3.05) is 18.5 Å². The topological polar surface area (TPSA) is 43.6 Å². The van der Waals surface area contributed by atoms with Crippen molar-refractivity contribution >= 4 is 37.5 Å². The second-order valence-corrected chi connectivity index (χ2v) is 5.79. The van der Waals surface area contributed by atoms with Gasteiger partial charge in [-0.05, 0) is 63.9 Å². The van der Waals surface area contributed by atoms with Gasteiger partial charge < -0.3 is 19.2 Å². The summed E-state index contributed by atoms with van der Waals surface area (Å²) in [4.78, 5) is 0. The lowest BCUT2D eigenvalue weighted by Crippen LogP contribution is -2.03. The van der Waals surface area contributed by atoms with Crippen molar-refractivity contribution in [3.8, 4) is 11.5 Å². The fourth-order valence-electron chi connectivity index (χ4n) is 1.85. The normalized spacial score (nSPS) is 10.5. The molecule has 0 unspecified atom stereocenters. The zero-order valence-electron chi connectivity index (χ0n) is 11.9. The maximum absolute atomic E-state index is 5.62. The van der Waals surface area contributed by atoms with Gasteiger partial charge in [0.05, 0.1) is 29.9 Å². The highest BCUT2D eigenvalue weighted by molar-refractivity contribution is 9.13. The van der Waals surface area contributed by atoms with Crippen LogP contribution in [0.2, 0.25) is 0 Å². The van der Waals surface area contributed by atoms with Crippen molar-refractivity contribution in [1.82, 2.24) is 0 Å². The molecule has 6 heteroatoms. The predicted octanol–water partition coefficient (Wildman–Crippen LogP) is 5.21. The zero-order valence-corrected chi connectivity index (χ0v) is 15.1. The number of ether oxygens (including phenoxy) is 2. The maximum atomic E-state index is 5.62. The molecule has 0 aliphatic heterocycles. The number of nitrogens with one attached hydrogen (secondary N) is 1. The summed E-state index contributed by atoms with van der Waals surface area (Å²) in [6.07, 6.45) is 0. The molecule has 2 aromatic rings. The number of rotatable bonds is 7. The molecule has 0 aliphatic carbocycles. The van der Waals surface area contributed by atoms with Crippen LogP contribution in [0, 0.1) is 0 Å². The summed E-state index contributed by atoms with van der Waals surface area (Å²) in [7, 11) is 0. The zero-order chi connectivity index (χ0) is 15.2. The second kappa shape index (κ2) is 7.75. The summed E-state index contributed by atoms with van der Waals surface area (Å²) < 4.78 is 18.3. The first-order valence-corrected chi connectivity index (χ1v) is 8.29. The lowest BCUT2D eigenvalue weighted by Gasteiger charge is -2.13.